The Morgan fingerprint density at radius 3 is 2.78 bits per heavy atom. The lowest BCUT2D eigenvalue weighted by molar-refractivity contribution is 0.488. The number of hydrogen-bond donors (Lipinski definition) is 1. The van der Waals surface area contributed by atoms with Crippen molar-refractivity contribution in [2.24, 2.45) is 0 Å². The van der Waals surface area contributed by atoms with E-state index in [9.17, 15) is 0 Å². The lowest BCUT2D eigenvalue weighted by Gasteiger charge is -2.08. The van der Waals surface area contributed by atoms with Crippen molar-refractivity contribution in [3.63, 3.8) is 0 Å². The number of rotatable bonds is 2. The lowest BCUT2D eigenvalue weighted by Crippen LogP contribution is -1.91. The van der Waals surface area contributed by atoms with Crippen LogP contribution in [0.15, 0.2) is 54.9 Å². The summed E-state index contributed by atoms with van der Waals surface area (Å²) in [7, 11) is 0. The topological polar surface area (TPSA) is 61.0 Å². The Morgan fingerprint density at radius 1 is 0.944 bits per heavy atom. The molecule has 0 saturated heterocycles. The van der Waals surface area contributed by atoms with Gasteiger partial charge in [-0.2, -0.15) is 0 Å². The zero-order valence-corrected chi connectivity index (χ0v) is 9.58. The second-order valence-electron chi connectivity index (χ2n) is 3.84. The molecule has 0 fully saturated rings. The van der Waals surface area contributed by atoms with Gasteiger partial charge < -0.3 is 10.5 Å². The molecule has 0 spiro atoms. The number of pyridine rings is 2. The van der Waals surface area contributed by atoms with Gasteiger partial charge in [0.05, 0.1) is 5.52 Å². The van der Waals surface area contributed by atoms with Crippen LogP contribution in [0.1, 0.15) is 0 Å². The third kappa shape index (κ3) is 1.96. The van der Waals surface area contributed by atoms with Gasteiger partial charge in [-0.3, -0.25) is 4.98 Å². The first kappa shape index (κ1) is 10.5. The summed E-state index contributed by atoms with van der Waals surface area (Å²) in [5.74, 6) is 1.86. The highest BCUT2D eigenvalue weighted by Crippen LogP contribution is 2.28. The van der Waals surface area contributed by atoms with E-state index < -0.39 is 0 Å². The van der Waals surface area contributed by atoms with E-state index in [-0.39, 0.29) is 0 Å². The summed E-state index contributed by atoms with van der Waals surface area (Å²) in [6.07, 6.45) is 3.38. The van der Waals surface area contributed by atoms with Crippen molar-refractivity contribution in [3.8, 4) is 11.5 Å². The molecule has 0 aliphatic carbocycles. The van der Waals surface area contributed by atoms with Crippen LogP contribution in [0.4, 0.5) is 5.82 Å². The number of nitrogens with two attached hydrogens (primary N) is 1. The zero-order chi connectivity index (χ0) is 12.4. The van der Waals surface area contributed by atoms with E-state index in [0.29, 0.717) is 11.6 Å². The number of benzene rings is 1. The molecule has 0 atom stereocenters. The van der Waals surface area contributed by atoms with Gasteiger partial charge in [0.15, 0.2) is 0 Å². The van der Waals surface area contributed by atoms with Gasteiger partial charge in [-0.05, 0) is 30.3 Å². The average molecular weight is 237 g/mol. The number of aromatic nitrogens is 2. The molecular weight excluding hydrogens is 226 g/mol. The molecule has 3 rings (SSSR count). The molecule has 88 valence electrons. The van der Waals surface area contributed by atoms with E-state index in [1.54, 1.807) is 24.5 Å². The summed E-state index contributed by atoms with van der Waals surface area (Å²) < 4.78 is 5.81. The summed E-state index contributed by atoms with van der Waals surface area (Å²) >= 11 is 0. The van der Waals surface area contributed by atoms with Gasteiger partial charge in [-0.25, -0.2) is 4.98 Å². The Bertz CT molecular complexity index is 692. The number of fused-ring (bicyclic) bond motifs is 1. The van der Waals surface area contributed by atoms with Crippen molar-refractivity contribution in [1.29, 1.82) is 0 Å². The first-order valence-corrected chi connectivity index (χ1v) is 5.56. The molecule has 0 bridgehead atoms. The monoisotopic (exact) mass is 237 g/mol. The van der Waals surface area contributed by atoms with Crippen molar-refractivity contribution in [2.75, 3.05) is 5.73 Å². The zero-order valence-electron chi connectivity index (χ0n) is 9.58. The Balaban J connectivity index is 2.05. The van der Waals surface area contributed by atoms with E-state index in [2.05, 4.69) is 9.97 Å². The van der Waals surface area contributed by atoms with E-state index in [4.69, 9.17) is 10.5 Å². The van der Waals surface area contributed by atoms with Gasteiger partial charge in [0.25, 0.3) is 0 Å². The smallest absolute Gasteiger partial charge is 0.136 e. The van der Waals surface area contributed by atoms with Crippen LogP contribution in [0.3, 0.4) is 0 Å². The largest absolute Gasteiger partial charge is 0.456 e. The maximum Gasteiger partial charge on any atom is 0.136 e. The van der Waals surface area contributed by atoms with Gasteiger partial charge in [-0.1, -0.05) is 6.07 Å². The second kappa shape index (κ2) is 4.33. The molecule has 3 aromatic rings. The standard InChI is InChI=1S/C14H11N3O/c15-14-9-10(6-8-17-14)18-13-5-1-4-12-11(13)3-2-7-16-12/h1-9H,(H2,15,17). The predicted molar refractivity (Wildman–Crippen MR) is 70.5 cm³/mol. The molecule has 2 heterocycles. The molecule has 4 heteroatoms. The van der Waals surface area contributed by atoms with Crippen LogP contribution >= 0.6 is 0 Å². The molecule has 0 unspecified atom stereocenters. The molecule has 1 aromatic carbocycles. The summed E-state index contributed by atoms with van der Waals surface area (Å²) in [6.45, 7) is 0. The van der Waals surface area contributed by atoms with Crippen LogP contribution in [-0.4, -0.2) is 9.97 Å². The minimum absolute atomic E-state index is 0.436. The van der Waals surface area contributed by atoms with Crippen LogP contribution in [0, 0.1) is 0 Å². The van der Waals surface area contributed by atoms with E-state index in [0.717, 1.165) is 16.7 Å². The van der Waals surface area contributed by atoms with Gasteiger partial charge in [0, 0.05) is 23.8 Å². The first-order valence-electron chi connectivity index (χ1n) is 5.56. The second-order valence-corrected chi connectivity index (χ2v) is 3.84. The SMILES string of the molecule is Nc1cc(Oc2cccc3ncccc23)ccn1. The summed E-state index contributed by atoms with van der Waals surface area (Å²) in [6, 6.07) is 13.1. The Hall–Kier alpha value is -2.62. The number of nitrogens with zero attached hydrogens (tertiary/aromatic N) is 2. The molecule has 2 N–H and O–H groups in total. The Labute approximate surface area is 104 Å². The Kier molecular flexibility index (Phi) is 2.53. The summed E-state index contributed by atoms with van der Waals surface area (Å²) in [5.41, 5.74) is 6.52. The minimum atomic E-state index is 0.436. The quantitative estimate of drug-likeness (QED) is 0.744. The third-order valence-corrected chi connectivity index (χ3v) is 2.59. The van der Waals surface area contributed by atoms with Crippen LogP contribution in [0.2, 0.25) is 0 Å². The van der Waals surface area contributed by atoms with Crippen molar-refractivity contribution in [2.45, 2.75) is 0 Å². The number of hydrogen-bond acceptors (Lipinski definition) is 4. The highest BCUT2D eigenvalue weighted by atomic mass is 16.5. The van der Waals surface area contributed by atoms with Crippen molar-refractivity contribution < 1.29 is 4.74 Å². The van der Waals surface area contributed by atoms with E-state index >= 15 is 0 Å². The normalized spacial score (nSPS) is 10.4. The fraction of sp³-hybridized carbons (Fsp3) is 0. The first-order chi connectivity index (χ1) is 8.83. The van der Waals surface area contributed by atoms with Crippen molar-refractivity contribution in [1.82, 2.24) is 9.97 Å². The summed E-state index contributed by atoms with van der Waals surface area (Å²) in [5, 5.41) is 0.968. The third-order valence-electron chi connectivity index (χ3n) is 2.59. The summed E-state index contributed by atoms with van der Waals surface area (Å²) in [4.78, 5) is 8.21. The number of anilines is 1. The van der Waals surface area contributed by atoms with Gasteiger partial charge in [0.1, 0.15) is 17.3 Å². The number of ether oxygens (including phenoxy) is 1. The maximum absolute atomic E-state index is 5.81. The molecule has 0 radical (unpaired) electrons. The van der Waals surface area contributed by atoms with E-state index in [1.165, 1.54) is 0 Å². The highest BCUT2D eigenvalue weighted by molar-refractivity contribution is 5.85. The van der Waals surface area contributed by atoms with Gasteiger partial charge in [-0.15, -0.1) is 0 Å². The van der Waals surface area contributed by atoms with Crippen LogP contribution in [-0.2, 0) is 0 Å². The average Bonchev–Trinajstić information content (AvgIpc) is 2.39. The van der Waals surface area contributed by atoms with Crippen molar-refractivity contribution >= 4 is 16.7 Å². The predicted octanol–water partition coefficient (Wildman–Crippen LogP) is 3.00. The molecule has 0 amide bonds. The van der Waals surface area contributed by atoms with E-state index in [1.807, 2.05) is 30.3 Å². The van der Waals surface area contributed by atoms with Crippen molar-refractivity contribution in [3.05, 3.63) is 54.9 Å². The fourth-order valence-electron chi connectivity index (χ4n) is 1.78. The molecule has 4 nitrogen and oxygen atoms in total. The number of nitrogen functional groups attached to an aromatic ring is 1. The molecule has 0 saturated carbocycles. The lowest BCUT2D eigenvalue weighted by atomic mass is 10.2. The molecule has 0 aliphatic heterocycles. The maximum atomic E-state index is 5.81. The van der Waals surface area contributed by atoms with Crippen LogP contribution in [0.25, 0.3) is 10.9 Å². The molecule has 2 aromatic heterocycles. The van der Waals surface area contributed by atoms with Gasteiger partial charge >= 0.3 is 0 Å². The van der Waals surface area contributed by atoms with Crippen LogP contribution < -0.4 is 10.5 Å². The van der Waals surface area contributed by atoms with Crippen LogP contribution in [0.5, 0.6) is 11.5 Å². The highest BCUT2D eigenvalue weighted by Gasteiger charge is 2.03. The molecule has 0 aliphatic rings. The fourth-order valence-corrected chi connectivity index (χ4v) is 1.78. The Morgan fingerprint density at radius 2 is 1.89 bits per heavy atom. The molecular formula is C14H11N3O. The van der Waals surface area contributed by atoms with Gasteiger partial charge in [0.2, 0.25) is 0 Å². The molecule has 18 heavy (non-hydrogen) atoms. The minimum Gasteiger partial charge on any atom is -0.456 e.